The van der Waals surface area contributed by atoms with Gasteiger partial charge in [0, 0.05) is 12.6 Å². The predicted octanol–water partition coefficient (Wildman–Crippen LogP) is 1.65. The van der Waals surface area contributed by atoms with Crippen LogP contribution in [0.2, 0.25) is 0 Å². The molecule has 0 aromatic heterocycles. The van der Waals surface area contributed by atoms with Crippen molar-refractivity contribution in [3.63, 3.8) is 0 Å². The molecule has 0 atom stereocenters. The molecule has 3 N–H and O–H groups in total. The maximum atomic E-state index is 8.63. The predicted molar refractivity (Wildman–Crippen MR) is 71.9 cm³/mol. The van der Waals surface area contributed by atoms with Crippen molar-refractivity contribution >= 4 is 5.84 Å². The molecule has 0 bridgehead atoms. The number of oxime groups is 1. The Balaban J connectivity index is 2.76. The van der Waals surface area contributed by atoms with Gasteiger partial charge in [-0.25, -0.2) is 0 Å². The van der Waals surface area contributed by atoms with Crippen molar-refractivity contribution in [3.05, 3.63) is 29.8 Å². The molecule has 0 fully saturated rings. The highest BCUT2D eigenvalue weighted by Gasteiger charge is 2.12. The normalized spacial score (nSPS) is 12.2. The zero-order chi connectivity index (χ0) is 13.5. The average Bonchev–Trinajstić information content (AvgIpc) is 2.37. The van der Waals surface area contributed by atoms with Crippen molar-refractivity contribution in [1.29, 1.82) is 0 Å². The first kappa shape index (κ1) is 14.3. The van der Waals surface area contributed by atoms with Gasteiger partial charge < -0.3 is 15.7 Å². The van der Waals surface area contributed by atoms with E-state index in [1.165, 1.54) is 0 Å². The summed E-state index contributed by atoms with van der Waals surface area (Å²) in [7, 11) is 1.65. The van der Waals surface area contributed by atoms with Crippen LogP contribution in [0, 0.1) is 0 Å². The fraction of sp³-hybridized carbons (Fsp3) is 0.462. The van der Waals surface area contributed by atoms with Crippen LogP contribution in [0.4, 0.5) is 0 Å². The second-order valence-corrected chi connectivity index (χ2v) is 4.44. The number of ether oxygens (including phenoxy) is 1. The van der Waals surface area contributed by atoms with Crippen LogP contribution in [0.5, 0.6) is 5.75 Å². The quantitative estimate of drug-likeness (QED) is 0.349. The minimum absolute atomic E-state index is 0.214. The van der Waals surface area contributed by atoms with Gasteiger partial charge in [0.05, 0.1) is 13.7 Å². The number of methoxy groups -OCH3 is 1. The van der Waals surface area contributed by atoms with E-state index in [0.717, 1.165) is 17.9 Å². The Bertz CT molecular complexity index is 405. The van der Waals surface area contributed by atoms with Crippen LogP contribution >= 0.6 is 0 Å². The molecule has 0 radical (unpaired) electrons. The molecule has 0 saturated carbocycles. The van der Waals surface area contributed by atoms with E-state index in [9.17, 15) is 0 Å². The maximum Gasteiger partial charge on any atom is 0.153 e. The van der Waals surface area contributed by atoms with Gasteiger partial charge in [0.1, 0.15) is 5.75 Å². The van der Waals surface area contributed by atoms with Crippen LogP contribution in [-0.4, -0.2) is 35.6 Å². The van der Waals surface area contributed by atoms with Gasteiger partial charge in [-0.05, 0) is 31.5 Å². The Kier molecular flexibility index (Phi) is 5.45. The van der Waals surface area contributed by atoms with Crippen LogP contribution in [0.25, 0.3) is 0 Å². The summed E-state index contributed by atoms with van der Waals surface area (Å²) in [5.41, 5.74) is 6.69. The first-order valence-corrected chi connectivity index (χ1v) is 5.90. The van der Waals surface area contributed by atoms with Crippen molar-refractivity contribution in [2.24, 2.45) is 10.9 Å². The second kappa shape index (κ2) is 6.86. The molecule has 1 aromatic rings. The highest BCUT2D eigenvalue weighted by molar-refractivity contribution is 5.81. The summed E-state index contributed by atoms with van der Waals surface area (Å²) in [4.78, 5) is 2.11. The van der Waals surface area contributed by atoms with E-state index in [4.69, 9.17) is 15.7 Å². The maximum absolute atomic E-state index is 8.63. The molecule has 0 aliphatic rings. The lowest BCUT2D eigenvalue weighted by molar-refractivity contribution is 0.238. The van der Waals surface area contributed by atoms with E-state index in [2.05, 4.69) is 23.9 Å². The van der Waals surface area contributed by atoms with E-state index in [-0.39, 0.29) is 5.84 Å². The number of amidine groups is 1. The van der Waals surface area contributed by atoms with Gasteiger partial charge in [-0.3, -0.25) is 4.90 Å². The molecular formula is C13H21N3O2. The first-order valence-electron chi connectivity index (χ1n) is 5.90. The zero-order valence-corrected chi connectivity index (χ0v) is 11.1. The van der Waals surface area contributed by atoms with Crippen molar-refractivity contribution in [2.75, 3.05) is 13.7 Å². The van der Waals surface area contributed by atoms with Crippen molar-refractivity contribution in [3.8, 4) is 5.75 Å². The molecule has 1 aromatic carbocycles. The van der Waals surface area contributed by atoms with Gasteiger partial charge in [0.2, 0.25) is 0 Å². The number of rotatable bonds is 6. The van der Waals surface area contributed by atoms with Crippen LogP contribution in [-0.2, 0) is 6.54 Å². The van der Waals surface area contributed by atoms with Gasteiger partial charge in [0.25, 0.3) is 0 Å². The monoisotopic (exact) mass is 251 g/mol. The largest absolute Gasteiger partial charge is 0.497 e. The molecule has 1 rings (SSSR count). The molecule has 0 aliphatic carbocycles. The number of nitrogens with two attached hydrogens (primary N) is 1. The number of nitrogens with zero attached hydrogens (tertiary/aromatic N) is 2. The van der Waals surface area contributed by atoms with Crippen LogP contribution < -0.4 is 10.5 Å². The Morgan fingerprint density at radius 2 is 2.22 bits per heavy atom. The summed E-state index contributed by atoms with van der Waals surface area (Å²) < 4.78 is 5.19. The molecule has 0 unspecified atom stereocenters. The van der Waals surface area contributed by atoms with E-state index >= 15 is 0 Å². The molecule has 0 spiro atoms. The van der Waals surface area contributed by atoms with Crippen molar-refractivity contribution in [1.82, 2.24) is 4.90 Å². The van der Waals surface area contributed by atoms with Crippen molar-refractivity contribution in [2.45, 2.75) is 26.4 Å². The zero-order valence-electron chi connectivity index (χ0n) is 11.1. The summed E-state index contributed by atoms with van der Waals surface area (Å²) in [5, 5.41) is 11.6. The van der Waals surface area contributed by atoms with Gasteiger partial charge in [0.15, 0.2) is 5.84 Å². The van der Waals surface area contributed by atoms with Gasteiger partial charge in [-0.15, -0.1) is 0 Å². The minimum Gasteiger partial charge on any atom is -0.497 e. The molecular weight excluding hydrogens is 230 g/mol. The second-order valence-electron chi connectivity index (χ2n) is 4.44. The van der Waals surface area contributed by atoms with Crippen molar-refractivity contribution < 1.29 is 9.94 Å². The Morgan fingerprint density at radius 1 is 1.50 bits per heavy atom. The molecule has 5 heteroatoms. The van der Waals surface area contributed by atoms with Gasteiger partial charge >= 0.3 is 0 Å². The average molecular weight is 251 g/mol. The molecule has 5 nitrogen and oxygen atoms in total. The molecule has 0 saturated heterocycles. The van der Waals surface area contributed by atoms with E-state index in [0.29, 0.717) is 12.6 Å². The minimum atomic E-state index is 0.214. The lowest BCUT2D eigenvalue weighted by atomic mass is 10.1. The molecule has 18 heavy (non-hydrogen) atoms. The standard InChI is InChI=1S/C13H21N3O2/c1-10(2)16(9-13(14)15-17)8-11-5-4-6-12(7-11)18-3/h4-7,10,17H,8-9H2,1-3H3,(H2,14,15). The lowest BCUT2D eigenvalue weighted by Crippen LogP contribution is -2.38. The smallest absolute Gasteiger partial charge is 0.153 e. The van der Waals surface area contributed by atoms with E-state index < -0.39 is 0 Å². The highest BCUT2D eigenvalue weighted by Crippen LogP contribution is 2.15. The molecule has 0 aliphatic heterocycles. The molecule has 0 amide bonds. The summed E-state index contributed by atoms with van der Waals surface area (Å²) in [6, 6.07) is 8.19. The van der Waals surface area contributed by atoms with Crippen LogP contribution in [0.3, 0.4) is 0 Å². The number of hydrogen-bond donors (Lipinski definition) is 2. The highest BCUT2D eigenvalue weighted by atomic mass is 16.5. The van der Waals surface area contributed by atoms with Gasteiger partial charge in [-0.2, -0.15) is 0 Å². The van der Waals surface area contributed by atoms with Gasteiger partial charge in [-0.1, -0.05) is 17.3 Å². The third-order valence-corrected chi connectivity index (χ3v) is 2.74. The first-order chi connectivity index (χ1) is 8.56. The number of benzene rings is 1. The third kappa shape index (κ3) is 4.25. The van der Waals surface area contributed by atoms with E-state index in [1.807, 2.05) is 24.3 Å². The molecule has 100 valence electrons. The fourth-order valence-electron chi connectivity index (χ4n) is 1.67. The molecule has 0 heterocycles. The lowest BCUT2D eigenvalue weighted by Gasteiger charge is -2.25. The van der Waals surface area contributed by atoms with Crippen LogP contribution in [0.15, 0.2) is 29.4 Å². The summed E-state index contributed by atoms with van der Waals surface area (Å²) >= 11 is 0. The van der Waals surface area contributed by atoms with E-state index in [1.54, 1.807) is 7.11 Å². The Labute approximate surface area is 108 Å². The fourth-order valence-corrected chi connectivity index (χ4v) is 1.67. The summed E-state index contributed by atoms with van der Waals surface area (Å²) in [5.74, 6) is 1.05. The number of hydrogen-bond acceptors (Lipinski definition) is 4. The SMILES string of the molecule is COc1cccc(CN(CC(N)=NO)C(C)C)c1. The topological polar surface area (TPSA) is 71.1 Å². The summed E-state index contributed by atoms with van der Waals surface area (Å²) in [6.07, 6.45) is 0. The Hall–Kier alpha value is -1.75. The van der Waals surface area contributed by atoms with Crippen LogP contribution in [0.1, 0.15) is 19.4 Å². The third-order valence-electron chi connectivity index (χ3n) is 2.74. The summed E-state index contributed by atoms with van der Waals surface area (Å²) in [6.45, 7) is 5.31. The Morgan fingerprint density at radius 3 is 2.78 bits per heavy atom.